The van der Waals surface area contributed by atoms with Gasteiger partial charge in [-0.25, -0.2) is 4.79 Å². The molecule has 1 rings (SSSR count). The molecule has 0 atom stereocenters. The van der Waals surface area contributed by atoms with E-state index >= 15 is 0 Å². The van der Waals surface area contributed by atoms with Crippen LogP contribution in [-0.4, -0.2) is 47.5 Å². The van der Waals surface area contributed by atoms with Gasteiger partial charge in [-0.1, -0.05) is 0 Å². The molecule has 3 amide bonds. The minimum absolute atomic E-state index is 0.0853. The molecule has 0 aromatic rings. The summed E-state index contributed by atoms with van der Waals surface area (Å²) in [6.45, 7) is 0.623. The summed E-state index contributed by atoms with van der Waals surface area (Å²) < 4.78 is 0. The van der Waals surface area contributed by atoms with Gasteiger partial charge in [0.1, 0.15) is 0 Å². The van der Waals surface area contributed by atoms with Crippen molar-refractivity contribution in [2.24, 2.45) is 11.7 Å². The van der Waals surface area contributed by atoms with Gasteiger partial charge in [0.2, 0.25) is 5.91 Å². The fraction of sp³-hybridized carbons (Fsp3) is 0.625. The third kappa shape index (κ3) is 3.12. The normalized spacial score (nSPS) is 15.6. The Morgan fingerprint density at radius 1 is 1.40 bits per heavy atom. The van der Waals surface area contributed by atoms with Crippen molar-refractivity contribution in [2.75, 3.05) is 19.6 Å². The molecule has 7 heteroatoms. The van der Waals surface area contributed by atoms with Crippen molar-refractivity contribution in [3.63, 3.8) is 0 Å². The van der Waals surface area contributed by atoms with E-state index in [1.807, 2.05) is 0 Å². The van der Waals surface area contributed by atoms with Crippen LogP contribution in [0.15, 0.2) is 0 Å². The van der Waals surface area contributed by atoms with Gasteiger partial charge in [0.25, 0.3) is 0 Å². The molecule has 84 valence electrons. The second-order valence-electron chi connectivity index (χ2n) is 3.39. The summed E-state index contributed by atoms with van der Waals surface area (Å²) in [5.74, 6) is -1.84. The third-order valence-electron chi connectivity index (χ3n) is 2.17. The number of nitrogens with one attached hydrogen (secondary N) is 1. The smallest absolute Gasteiger partial charge is 0.317 e. The van der Waals surface area contributed by atoms with Crippen LogP contribution in [0, 0.1) is 5.92 Å². The van der Waals surface area contributed by atoms with Crippen LogP contribution in [0.4, 0.5) is 4.79 Å². The van der Waals surface area contributed by atoms with Crippen LogP contribution in [0.25, 0.3) is 0 Å². The molecule has 15 heavy (non-hydrogen) atoms. The Balaban J connectivity index is 2.15. The van der Waals surface area contributed by atoms with Crippen molar-refractivity contribution in [2.45, 2.75) is 6.42 Å². The summed E-state index contributed by atoms with van der Waals surface area (Å²) in [7, 11) is 0. The lowest BCUT2D eigenvalue weighted by Crippen LogP contribution is -2.56. The lowest BCUT2D eigenvalue weighted by Gasteiger charge is -2.36. The lowest BCUT2D eigenvalue weighted by atomic mass is 10.0. The molecule has 0 saturated carbocycles. The highest BCUT2D eigenvalue weighted by molar-refractivity contribution is 5.80. The van der Waals surface area contributed by atoms with Crippen LogP contribution in [0.3, 0.4) is 0 Å². The number of urea groups is 1. The Bertz CT molecular complexity index is 286. The second-order valence-corrected chi connectivity index (χ2v) is 3.39. The van der Waals surface area contributed by atoms with Crippen LogP contribution in [-0.2, 0) is 9.59 Å². The SMILES string of the molecule is NC(=O)CCNC(=O)N1CC(C(=O)O)C1. The number of amides is 3. The van der Waals surface area contributed by atoms with Gasteiger partial charge in [0.15, 0.2) is 0 Å². The molecule has 0 bridgehead atoms. The van der Waals surface area contributed by atoms with Crippen molar-refractivity contribution in [1.29, 1.82) is 0 Å². The zero-order valence-corrected chi connectivity index (χ0v) is 8.10. The number of carbonyl (C=O) groups is 3. The molecule has 0 radical (unpaired) electrons. The molecule has 1 heterocycles. The number of primary amides is 1. The van der Waals surface area contributed by atoms with E-state index in [0.717, 1.165) is 0 Å². The Morgan fingerprint density at radius 3 is 2.47 bits per heavy atom. The van der Waals surface area contributed by atoms with Crippen LogP contribution in [0.5, 0.6) is 0 Å². The van der Waals surface area contributed by atoms with E-state index in [1.54, 1.807) is 0 Å². The highest BCUT2D eigenvalue weighted by atomic mass is 16.4. The van der Waals surface area contributed by atoms with Gasteiger partial charge in [-0.05, 0) is 0 Å². The first kappa shape index (κ1) is 11.3. The van der Waals surface area contributed by atoms with Crippen molar-refractivity contribution >= 4 is 17.9 Å². The van der Waals surface area contributed by atoms with Crippen LogP contribution >= 0.6 is 0 Å². The number of nitrogens with zero attached hydrogens (tertiary/aromatic N) is 1. The molecule has 1 aliphatic rings. The number of hydrogen-bond donors (Lipinski definition) is 3. The minimum Gasteiger partial charge on any atom is -0.481 e. The number of aliphatic carboxylic acids is 1. The number of nitrogens with two attached hydrogens (primary N) is 1. The quantitative estimate of drug-likeness (QED) is 0.534. The van der Waals surface area contributed by atoms with E-state index in [0.29, 0.717) is 0 Å². The summed E-state index contributed by atoms with van der Waals surface area (Å²) in [6, 6.07) is -0.353. The molecule has 0 aliphatic carbocycles. The Kier molecular flexibility index (Phi) is 3.48. The lowest BCUT2D eigenvalue weighted by molar-refractivity contribution is -0.146. The number of carbonyl (C=O) groups excluding carboxylic acids is 2. The number of likely N-dealkylation sites (tertiary alicyclic amines) is 1. The summed E-state index contributed by atoms with van der Waals surface area (Å²) in [5.41, 5.74) is 4.88. The molecule has 0 aromatic carbocycles. The average Bonchev–Trinajstić information content (AvgIpc) is 1.99. The first-order chi connectivity index (χ1) is 7.00. The molecule has 4 N–H and O–H groups in total. The van der Waals surface area contributed by atoms with E-state index in [-0.39, 0.29) is 32.1 Å². The van der Waals surface area contributed by atoms with Gasteiger partial charge in [0.05, 0.1) is 5.92 Å². The fourth-order valence-corrected chi connectivity index (χ4v) is 1.21. The van der Waals surface area contributed by atoms with Crippen molar-refractivity contribution in [3.8, 4) is 0 Å². The van der Waals surface area contributed by atoms with Crippen molar-refractivity contribution in [3.05, 3.63) is 0 Å². The fourth-order valence-electron chi connectivity index (χ4n) is 1.21. The predicted molar refractivity (Wildman–Crippen MR) is 49.9 cm³/mol. The first-order valence-corrected chi connectivity index (χ1v) is 4.54. The summed E-state index contributed by atoms with van der Waals surface area (Å²) >= 11 is 0. The standard InChI is InChI=1S/C8H13N3O4/c9-6(12)1-2-10-8(15)11-3-5(4-11)7(13)14/h5H,1-4H2,(H2,9,12)(H,10,15)(H,13,14). The number of rotatable bonds is 4. The van der Waals surface area contributed by atoms with Crippen molar-refractivity contribution in [1.82, 2.24) is 10.2 Å². The first-order valence-electron chi connectivity index (χ1n) is 4.54. The maximum atomic E-state index is 11.2. The molecular weight excluding hydrogens is 202 g/mol. The zero-order valence-electron chi connectivity index (χ0n) is 8.10. The monoisotopic (exact) mass is 215 g/mol. The molecule has 0 unspecified atom stereocenters. The summed E-state index contributed by atoms with van der Waals surface area (Å²) in [5, 5.41) is 11.0. The molecule has 0 aromatic heterocycles. The maximum absolute atomic E-state index is 11.2. The second kappa shape index (κ2) is 4.63. The zero-order chi connectivity index (χ0) is 11.4. The van der Waals surface area contributed by atoms with Gasteiger partial charge in [-0.3, -0.25) is 9.59 Å². The average molecular weight is 215 g/mol. The van der Waals surface area contributed by atoms with Gasteiger partial charge in [0, 0.05) is 26.1 Å². The summed E-state index contributed by atoms with van der Waals surface area (Å²) in [6.07, 6.45) is 0.0853. The van der Waals surface area contributed by atoms with E-state index in [1.165, 1.54) is 4.90 Å². The molecule has 1 saturated heterocycles. The molecule has 0 spiro atoms. The highest BCUT2D eigenvalue weighted by Crippen LogP contribution is 2.14. The van der Waals surface area contributed by atoms with Crippen LogP contribution in [0.1, 0.15) is 6.42 Å². The molecule has 1 fully saturated rings. The van der Waals surface area contributed by atoms with Crippen LogP contribution in [0.2, 0.25) is 0 Å². The molecule has 7 nitrogen and oxygen atoms in total. The Hall–Kier alpha value is -1.79. The predicted octanol–water partition coefficient (Wildman–Crippen LogP) is -1.41. The Morgan fingerprint density at radius 2 is 2.00 bits per heavy atom. The topological polar surface area (TPSA) is 113 Å². The largest absolute Gasteiger partial charge is 0.481 e. The number of hydrogen-bond acceptors (Lipinski definition) is 3. The van der Waals surface area contributed by atoms with Gasteiger partial charge in [-0.15, -0.1) is 0 Å². The van der Waals surface area contributed by atoms with Gasteiger partial charge in [-0.2, -0.15) is 0 Å². The highest BCUT2D eigenvalue weighted by Gasteiger charge is 2.35. The third-order valence-corrected chi connectivity index (χ3v) is 2.17. The van der Waals surface area contributed by atoms with E-state index in [4.69, 9.17) is 10.8 Å². The van der Waals surface area contributed by atoms with E-state index in [9.17, 15) is 14.4 Å². The summed E-state index contributed by atoms with van der Waals surface area (Å²) in [4.78, 5) is 33.4. The maximum Gasteiger partial charge on any atom is 0.317 e. The van der Waals surface area contributed by atoms with Crippen LogP contribution < -0.4 is 11.1 Å². The van der Waals surface area contributed by atoms with E-state index in [2.05, 4.69) is 5.32 Å². The number of carboxylic acid groups (broad SMARTS) is 1. The molecule has 1 aliphatic heterocycles. The van der Waals surface area contributed by atoms with Crippen molar-refractivity contribution < 1.29 is 19.5 Å². The van der Waals surface area contributed by atoms with E-state index < -0.39 is 17.8 Å². The number of carboxylic acids is 1. The minimum atomic E-state index is -0.892. The van der Waals surface area contributed by atoms with Gasteiger partial charge < -0.3 is 21.1 Å². The molecular formula is C8H13N3O4. The van der Waals surface area contributed by atoms with Gasteiger partial charge >= 0.3 is 12.0 Å². The Labute approximate surface area is 86.2 Å².